The van der Waals surface area contributed by atoms with E-state index in [-0.39, 0.29) is 0 Å². The molecule has 0 unspecified atom stereocenters. The van der Waals surface area contributed by atoms with Gasteiger partial charge in [0.25, 0.3) is 0 Å². The fourth-order valence-corrected chi connectivity index (χ4v) is 7.49. The second kappa shape index (κ2) is 10.5. The van der Waals surface area contributed by atoms with Crippen LogP contribution in [0.5, 0.6) is 0 Å². The van der Waals surface area contributed by atoms with Gasteiger partial charge in [-0.05, 0) is 55.9 Å². The first kappa shape index (κ1) is 26.7. The molecule has 0 saturated heterocycles. The Kier molecular flexibility index (Phi) is 5.87. The lowest BCUT2D eigenvalue weighted by Crippen LogP contribution is -1.94. The summed E-state index contributed by atoms with van der Waals surface area (Å²) in [5.41, 5.74) is 10.6. The van der Waals surface area contributed by atoms with Crippen LogP contribution in [0.25, 0.3) is 98.7 Å². The Hall–Kier alpha value is -6.45. The van der Waals surface area contributed by atoms with Crippen molar-refractivity contribution in [3.05, 3.63) is 164 Å². The van der Waals surface area contributed by atoms with E-state index in [2.05, 4.69) is 157 Å². The fraction of sp³-hybridized carbons (Fsp3) is 0. The quantitative estimate of drug-likeness (QED) is 0.148. The molecule has 10 rings (SSSR count). The number of hydrogen-bond donors (Lipinski definition) is 0. The van der Waals surface area contributed by atoms with Gasteiger partial charge in [-0.3, -0.25) is 4.98 Å². The van der Waals surface area contributed by atoms with Crippen LogP contribution in [0.4, 0.5) is 0 Å². The molecule has 0 bridgehead atoms. The predicted molar refractivity (Wildman–Crippen MR) is 201 cm³/mol. The smallest absolute Gasteiger partial charge is 0.0974 e. The van der Waals surface area contributed by atoms with Gasteiger partial charge in [0.1, 0.15) is 0 Å². The molecule has 3 heterocycles. The molecule has 0 amide bonds. The van der Waals surface area contributed by atoms with Gasteiger partial charge in [-0.1, -0.05) is 146 Å². The largest absolute Gasteiger partial charge is 0.254 e. The molecule has 0 saturated carbocycles. The minimum absolute atomic E-state index is 0.879. The van der Waals surface area contributed by atoms with Crippen molar-refractivity contribution in [3.63, 3.8) is 0 Å². The van der Waals surface area contributed by atoms with Crippen molar-refractivity contribution in [3.8, 4) is 33.5 Å². The standard InChI is InChI=1S/C45H27N3/c1-2-11-28(12-3-1)40-33-14-4-6-16-35(33)41(36-17-7-5-15-34(36)40)29-20-22-31(23-21-29)42-37-18-8-9-19-38(37)45-39(47-42)27-32-25-24-30-13-10-26-46-43(30)44(32)48-45/h1-27H. The second-order valence-corrected chi connectivity index (χ2v) is 12.4. The third kappa shape index (κ3) is 4.04. The Morgan fingerprint density at radius 3 is 1.54 bits per heavy atom. The molecule has 0 spiro atoms. The van der Waals surface area contributed by atoms with Gasteiger partial charge in [0.15, 0.2) is 0 Å². The summed E-state index contributed by atoms with van der Waals surface area (Å²) in [4.78, 5) is 15.1. The van der Waals surface area contributed by atoms with Crippen molar-refractivity contribution in [1.29, 1.82) is 0 Å². The minimum Gasteiger partial charge on any atom is -0.254 e. The molecule has 48 heavy (non-hydrogen) atoms. The van der Waals surface area contributed by atoms with E-state index in [0.29, 0.717) is 0 Å². The number of fused-ring (bicyclic) bond motifs is 8. The van der Waals surface area contributed by atoms with E-state index in [4.69, 9.17) is 9.97 Å². The number of nitrogens with zero attached hydrogens (tertiary/aromatic N) is 3. The molecule has 0 aliphatic rings. The molecule has 7 aromatic carbocycles. The normalized spacial score (nSPS) is 11.8. The summed E-state index contributed by atoms with van der Waals surface area (Å²) in [5.74, 6) is 0. The first-order chi connectivity index (χ1) is 23.8. The number of benzene rings is 7. The molecule has 10 aromatic rings. The van der Waals surface area contributed by atoms with Crippen LogP contribution in [0.15, 0.2) is 164 Å². The van der Waals surface area contributed by atoms with Gasteiger partial charge in [0.05, 0.1) is 27.8 Å². The third-order valence-corrected chi connectivity index (χ3v) is 9.65. The highest BCUT2D eigenvalue weighted by Crippen LogP contribution is 2.44. The summed E-state index contributed by atoms with van der Waals surface area (Å²) in [5, 5.41) is 9.30. The Morgan fingerprint density at radius 2 is 0.875 bits per heavy atom. The Morgan fingerprint density at radius 1 is 0.333 bits per heavy atom. The van der Waals surface area contributed by atoms with Crippen LogP contribution in [0, 0.1) is 0 Å². The maximum Gasteiger partial charge on any atom is 0.0974 e. The SMILES string of the molecule is c1ccc(-c2c3ccccc3c(-c3ccc(-c4nc5cc6ccc7cccnc7c6nc5c5ccccc45)cc3)c3ccccc23)cc1. The highest BCUT2D eigenvalue weighted by atomic mass is 14.8. The van der Waals surface area contributed by atoms with Gasteiger partial charge >= 0.3 is 0 Å². The van der Waals surface area contributed by atoms with E-state index in [1.54, 1.807) is 0 Å². The van der Waals surface area contributed by atoms with Crippen LogP contribution in [0.1, 0.15) is 0 Å². The van der Waals surface area contributed by atoms with E-state index in [9.17, 15) is 0 Å². The average Bonchev–Trinajstić information content (AvgIpc) is 3.16. The third-order valence-electron chi connectivity index (χ3n) is 9.65. The molecule has 0 N–H and O–H groups in total. The first-order valence-electron chi connectivity index (χ1n) is 16.3. The molecule has 0 atom stereocenters. The Labute approximate surface area is 276 Å². The van der Waals surface area contributed by atoms with Crippen LogP contribution in [-0.4, -0.2) is 15.0 Å². The number of pyridine rings is 3. The Bertz CT molecular complexity index is 2820. The van der Waals surface area contributed by atoms with Gasteiger partial charge in [0, 0.05) is 33.3 Å². The van der Waals surface area contributed by atoms with Crippen LogP contribution < -0.4 is 0 Å². The lowest BCUT2D eigenvalue weighted by Gasteiger charge is -2.18. The van der Waals surface area contributed by atoms with E-state index in [0.717, 1.165) is 54.9 Å². The van der Waals surface area contributed by atoms with E-state index in [1.165, 1.54) is 43.8 Å². The molecular formula is C45H27N3. The maximum absolute atomic E-state index is 5.27. The molecule has 3 aromatic heterocycles. The van der Waals surface area contributed by atoms with E-state index < -0.39 is 0 Å². The summed E-state index contributed by atoms with van der Waals surface area (Å²) in [7, 11) is 0. The highest BCUT2D eigenvalue weighted by molar-refractivity contribution is 6.21. The molecule has 3 nitrogen and oxygen atoms in total. The van der Waals surface area contributed by atoms with Crippen LogP contribution in [0.2, 0.25) is 0 Å². The summed E-state index contributed by atoms with van der Waals surface area (Å²) in [6.07, 6.45) is 1.83. The molecule has 0 aliphatic carbocycles. The molecular weight excluding hydrogens is 583 g/mol. The van der Waals surface area contributed by atoms with Gasteiger partial charge in [-0.15, -0.1) is 0 Å². The molecule has 3 heteroatoms. The van der Waals surface area contributed by atoms with Gasteiger partial charge in [-0.25, -0.2) is 9.97 Å². The zero-order valence-corrected chi connectivity index (χ0v) is 25.9. The van der Waals surface area contributed by atoms with Gasteiger partial charge in [-0.2, -0.15) is 0 Å². The number of hydrogen-bond acceptors (Lipinski definition) is 3. The zero-order valence-electron chi connectivity index (χ0n) is 25.9. The first-order valence-corrected chi connectivity index (χ1v) is 16.3. The van der Waals surface area contributed by atoms with Gasteiger partial charge < -0.3 is 0 Å². The second-order valence-electron chi connectivity index (χ2n) is 12.4. The summed E-state index contributed by atoms with van der Waals surface area (Å²) < 4.78 is 0. The predicted octanol–water partition coefficient (Wildman–Crippen LogP) is 11.8. The molecule has 222 valence electrons. The summed E-state index contributed by atoms with van der Waals surface area (Å²) in [6.45, 7) is 0. The number of rotatable bonds is 3. The topological polar surface area (TPSA) is 38.7 Å². The van der Waals surface area contributed by atoms with Crippen molar-refractivity contribution in [2.24, 2.45) is 0 Å². The molecule has 0 fully saturated rings. The van der Waals surface area contributed by atoms with Crippen molar-refractivity contribution in [2.75, 3.05) is 0 Å². The van der Waals surface area contributed by atoms with Crippen molar-refractivity contribution in [2.45, 2.75) is 0 Å². The average molecular weight is 610 g/mol. The lowest BCUT2D eigenvalue weighted by atomic mass is 9.86. The van der Waals surface area contributed by atoms with Crippen molar-refractivity contribution < 1.29 is 0 Å². The maximum atomic E-state index is 5.27. The van der Waals surface area contributed by atoms with E-state index >= 15 is 0 Å². The number of aromatic nitrogens is 3. The summed E-state index contributed by atoms with van der Waals surface area (Å²) in [6, 6.07) is 56.2. The van der Waals surface area contributed by atoms with Crippen LogP contribution in [0.3, 0.4) is 0 Å². The van der Waals surface area contributed by atoms with Gasteiger partial charge in [0.2, 0.25) is 0 Å². The van der Waals surface area contributed by atoms with Crippen LogP contribution >= 0.6 is 0 Å². The zero-order chi connectivity index (χ0) is 31.6. The van der Waals surface area contributed by atoms with Crippen molar-refractivity contribution >= 4 is 65.2 Å². The molecule has 0 radical (unpaired) electrons. The Balaban J connectivity index is 1.18. The van der Waals surface area contributed by atoms with E-state index in [1.807, 2.05) is 12.3 Å². The molecule has 0 aliphatic heterocycles. The minimum atomic E-state index is 0.879. The summed E-state index contributed by atoms with van der Waals surface area (Å²) >= 11 is 0. The van der Waals surface area contributed by atoms with Crippen LogP contribution in [-0.2, 0) is 0 Å². The highest BCUT2D eigenvalue weighted by Gasteiger charge is 2.18. The van der Waals surface area contributed by atoms with Crippen molar-refractivity contribution in [1.82, 2.24) is 15.0 Å². The monoisotopic (exact) mass is 609 g/mol. The fourth-order valence-electron chi connectivity index (χ4n) is 7.49. The lowest BCUT2D eigenvalue weighted by molar-refractivity contribution is 1.38.